The Labute approximate surface area is 96.9 Å². The molecule has 1 saturated heterocycles. The van der Waals surface area contributed by atoms with Gasteiger partial charge in [-0.15, -0.1) is 0 Å². The van der Waals surface area contributed by atoms with Crippen LogP contribution in [-0.2, 0) is 4.79 Å². The van der Waals surface area contributed by atoms with Gasteiger partial charge in [0.1, 0.15) is 0 Å². The lowest BCUT2D eigenvalue weighted by molar-refractivity contribution is -0.128. The molecule has 16 heavy (non-hydrogen) atoms. The van der Waals surface area contributed by atoms with Crippen LogP contribution in [0.1, 0.15) is 25.7 Å². The molecule has 2 fully saturated rings. The van der Waals surface area contributed by atoms with Crippen molar-refractivity contribution in [2.75, 3.05) is 33.2 Å². The summed E-state index contributed by atoms with van der Waals surface area (Å²) in [4.78, 5) is 14.0. The SMILES string of the molecule is CN1CCN(NC(=O)CC2(N)CCC2)CC1. The summed E-state index contributed by atoms with van der Waals surface area (Å²) in [6, 6.07) is 0. The van der Waals surface area contributed by atoms with Crippen LogP contribution in [0.3, 0.4) is 0 Å². The van der Waals surface area contributed by atoms with Crippen LogP contribution in [0.15, 0.2) is 0 Å². The molecule has 3 N–H and O–H groups in total. The number of carbonyl (C=O) groups is 1. The van der Waals surface area contributed by atoms with E-state index in [4.69, 9.17) is 5.73 Å². The van der Waals surface area contributed by atoms with Crippen molar-refractivity contribution in [1.29, 1.82) is 0 Å². The second-order valence-corrected chi connectivity index (χ2v) is 5.22. The second kappa shape index (κ2) is 4.69. The number of carbonyl (C=O) groups excluding carboxylic acids is 1. The third kappa shape index (κ3) is 2.93. The normalized spacial score (nSPS) is 26.1. The molecule has 1 saturated carbocycles. The molecule has 1 aliphatic heterocycles. The van der Waals surface area contributed by atoms with Gasteiger partial charge in [0, 0.05) is 38.1 Å². The molecule has 0 radical (unpaired) electrons. The number of hydrazine groups is 1. The quantitative estimate of drug-likeness (QED) is 0.683. The number of piperazine rings is 1. The Morgan fingerprint density at radius 3 is 2.44 bits per heavy atom. The predicted octanol–water partition coefficient (Wildman–Crippen LogP) is -0.463. The van der Waals surface area contributed by atoms with E-state index in [9.17, 15) is 4.79 Å². The smallest absolute Gasteiger partial charge is 0.236 e. The van der Waals surface area contributed by atoms with Gasteiger partial charge in [0.25, 0.3) is 0 Å². The van der Waals surface area contributed by atoms with Crippen molar-refractivity contribution in [3.8, 4) is 0 Å². The van der Waals surface area contributed by atoms with Gasteiger partial charge < -0.3 is 10.6 Å². The van der Waals surface area contributed by atoms with Gasteiger partial charge in [-0.1, -0.05) is 0 Å². The van der Waals surface area contributed by atoms with E-state index < -0.39 is 0 Å². The third-order valence-corrected chi connectivity index (χ3v) is 3.65. The average molecular weight is 226 g/mol. The fourth-order valence-electron chi connectivity index (χ4n) is 2.26. The summed E-state index contributed by atoms with van der Waals surface area (Å²) < 4.78 is 0. The van der Waals surface area contributed by atoms with Crippen molar-refractivity contribution >= 4 is 5.91 Å². The molecule has 1 heterocycles. The van der Waals surface area contributed by atoms with Crippen LogP contribution in [0.25, 0.3) is 0 Å². The molecule has 2 rings (SSSR count). The van der Waals surface area contributed by atoms with Crippen LogP contribution in [0.2, 0.25) is 0 Å². The average Bonchev–Trinajstić information content (AvgIpc) is 2.19. The topological polar surface area (TPSA) is 61.6 Å². The first-order valence-corrected chi connectivity index (χ1v) is 6.09. The van der Waals surface area contributed by atoms with Crippen molar-refractivity contribution in [3.63, 3.8) is 0 Å². The summed E-state index contributed by atoms with van der Waals surface area (Å²) in [5.74, 6) is 0.0757. The van der Waals surface area contributed by atoms with Crippen LogP contribution >= 0.6 is 0 Å². The lowest BCUT2D eigenvalue weighted by atomic mass is 9.75. The summed E-state index contributed by atoms with van der Waals surface area (Å²) in [7, 11) is 2.10. The van der Waals surface area contributed by atoms with Crippen LogP contribution in [0, 0.1) is 0 Å². The molecule has 2 aliphatic rings. The monoisotopic (exact) mass is 226 g/mol. The Bertz CT molecular complexity index is 257. The number of hydrogen-bond acceptors (Lipinski definition) is 4. The first-order valence-electron chi connectivity index (χ1n) is 6.09. The van der Waals surface area contributed by atoms with Crippen molar-refractivity contribution < 1.29 is 4.79 Å². The molecule has 0 atom stereocenters. The highest BCUT2D eigenvalue weighted by atomic mass is 16.2. The zero-order chi connectivity index (χ0) is 11.6. The number of hydrogen-bond donors (Lipinski definition) is 2. The van der Waals surface area contributed by atoms with E-state index in [0.717, 1.165) is 45.4 Å². The highest BCUT2D eigenvalue weighted by Gasteiger charge is 2.35. The van der Waals surface area contributed by atoms with Gasteiger partial charge in [0.15, 0.2) is 0 Å². The van der Waals surface area contributed by atoms with E-state index in [2.05, 4.69) is 17.4 Å². The Morgan fingerprint density at radius 2 is 1.94 bits per heavy atom. The van der Waals surface area contributed by atoms with Gasteiger partial charge in [0.2, 0.25) is 5.91 Å². The van der Waals surface area contributed by atoms with Gasteiger partial charge in [-0.25, -0.2) is 5.01 Å². The van der Waals surface area contributed by atoms with E-state index in [1.54, 1.807) is 0 Å². The fourth-order valence-corrected chi connectivity index (χ4v) is 2.26. The fraction of sp³-hybridized carbons (Fsp3) is 0.909. The summed E-state index contributed by atoms with van der Waals surface area (Å²) in [5.41, 5.74) is 8.78. The van der Waals surface area contributed by atoms with E-state index in [-0.39, 0.29) is 11.4 Å². The van der Waals surface area contributed by atoms with E-state index in [1.165, 1.54) is 0 Å². The van der Waals surface area contributed by atoms with Crippen molar-refractivity contribution in [2.24, 2.45) is 5.73 Å². The minimum absolute atomic E-state index is 0.0757. The molecule has 92 valence electrons. The zero-order valence-electron chi connectivity index (χ0n) is 10.0. The molecule has 0 aromatic heterocycles. The van der Waals surface area contributed by atoms with Crippen molar-refractivity contribution in [2.45, 2.75) is 31.2 Å². The number of rotatable bonds is 3. The summed E-state index contributed by atoms with van der Waals surface area (Å²) in [6.45, 7) is 3.82. The molecule has 0 bridgehead atoms. The Morgan fingerprint density at radius 1 is 1.31 bits per heavy atom. The number of nitrogens with two attached hydrogens (primary N) is 1. The molecule has 5 nitrogen and oxygen atoms in total. The second-order valence-electron chi connectivity index (χ2n) is 5.22. The maximum Gasteiger partial charge on any atom is 0.236 e. The highest BCUT2D eigenvalue weighted by Crippen LogP contribution is 2.31. The molecule has 5 heteroatoms. The van der Waals surface area contributed by atoms with E-state index in [1.807, 2.05) is 5.01 Å². The predicted molar refractivity (Wildman–Crippen MR) is 62.6 cm³/mol. The number of nitrogens with one attached hydrogen (secondary N) is 1. The van der Waals surface area contributed by atoms with Gasteiger partial charge >= 0.3 is 0 Å². The minimum Gasteiger partial charge on any atom is -0.325 e. The maximum atomic E-state index is 11.8. The van der Waals surface area contributed by atoms with Gasteiger partial charge in [-0.05, 0) is 26.3 Å². The highest BCUT2D eigenvalue weighted by molar-refractivity contribution is 5.76. The maximum absolute atomic E-state index is 11.8. The Balaban J connectivity index is 1.70. The number of amides is 1. The number of likely N-dealkylation sites (N-methyl/N-ethyl adjacent to an activating group) is 1. The lowest BCUT2D eigenvalue weighted by Gasteiger charge is -2.38. The van der Waals surface area contributed by atoms with Crippen LogP contribution in [0.5, 0.6) is 0 Å². The van der Waals surface area contributed by atoms with Crippen molar-refractivity contribution in [1.82, 2.24) is 15.3 Å². The van der Waals surface area contributed by atoms with Crippen molar-refractivity contribution in [3.05, 3.63) is 0 Å². The molecule has 1 aliphatic carbocycles. The lowest BCUT2D eigenvalue weighted by Crippen LogP contribution is -2.56. The molecule has 0 unspecified atom stereocenters. The van der Waals surface area contributed by atoms with Crippen LogP contribution < -0.4 is 11.2 Å². The summed E-state index contributed by atoms with van der Waals surface area (Å²) >= 11 is 0. The van der Waals surface area contributed by atoms with E-state index in [0.29, 0.717) is 6.42 Å². The summed E-state index contributed by atoms with van der Waals surface area (Å²) in [6.07, 6.45) is 3.62. The molecule has 1 amide bonds. The molecular weight excluding hydrogens is 204 g/mol. The molecule has 0 aromatic carbocycles. The Hall–Kier alpha value is -0.650. The van der Waals surface area contributed by atoms with Gasteiger partial charge in [0.05, 0.1) is 0 Å². The first kappa shape index (κ1) is 11.8. The van der Waals surface area contributed by atoms with Gasteiger partial charge in [-0.2, -0.15) is 0 Å². The summed E-state index contributed by atoms with van der Waals surface area (Å²) in [5, 5.41) is 2.00. The van der Waals surface area contributed by atoms with Crippen LogP contribution in [0.4, 0.5) is 0 Å². The standard InChI is InChI=1S/C11H22N4O/c1-14-5-7-15(8-6-14)13-10(16)9-11(12)3-2-4-11/h2-9,12H2,1H3,(H,13,16). The zero-order valence-corrected chi connectivity index (χ0v) is 10.0. The number of nitrogens with zero attached hydrogens (tertiary/aromatic N) is 2. The third-order valence-electron chi connectivity index (χ3n) is 3.65. The van der Waals surface area contributed by atoms with Gasteiger partial charge in [-0.3, -0.25) is 10.2 Å². The molecule has 0 aromatic rings. The largest absolute Gasteiger partial charge is 0.325 e. The molecular formula is C11H22N4O. The van der Waals surface area contributed by atoms with E-state index >= 15 is 0 Å². The Kier molecular flexibility index (Phi) is 3.47. The minimum atomic E-state index is -0.212. The van der Waals surface area contributed by atoms with Crippen LogP contribution in [-0.4, -0.2) is 54.6 Å². The first-order chi connectivity index (χ1) is 7.57. The molecule has 0 spiro atoms.